The Morgan fingerprint density at radius 2 is 1.94 bits per heavy atom. The highest BCUT2D eigenvalue weighted by atomic mass is 16.7. The van der Waals surface area contributed by atoms with Gasteiger partial charge in [0.2, 0.25) is 0 Å². The van der Waals surface area contributed by atoms with Crippen LogP contribution in [0.5, 0.6) is 0 Å². The maximum Gasteiger partial charge on any atom is 0.154 e. The average Bonchev–Trinajstić information content (AvgIpc) is 2.32. The second kappa shape index (κ2) is 5.27. The second-order valence-electron chi connectivity index (χ2n) is 4.48. The number of hydrogen-bond donors (Lipinski definition) is 0. The molecule has 2 heterocycles. The molecule has 0 aromatic carbocycles. The first-order valence-corrected chi connectivity index (χ1v) is 5.80. The zero-order valence-electron chi connectivity index (χ0n) is 9.98. The third-order valence-corrected chi connectivity index (χ3v) is 3.22. The summed E-state index contributed by atoms with van der Waals surface area (Å²) in [7, 11) is 0. The van der Waals surface area contributed by atoms with E-state index in [2.05, 4.69) is 6.08 Å². The van der Waals surface area contributed by atoms with Crippen molar-refractivity contribution >= 4 is 0 Å². The SMILES string of the molecule is CC=CCC1OCOCC12COC(C)OC2. The van der Waals surface area contributed by atoms with Crippen LogP contribution in [0.1, 0.15) is 20.3 Å². The summed E-state index contributed by atoms with van der Waals surface area (Å²) in [6, 6.07) is 0. The van der Waals surface area contributed by atoms with Gasteiger partial charge in [-0.1, -0.05) is 12.2 Å². The predicted molar refractivity (Wildman–Crippen MR) is 58.9 cm³/mol. The van der Waals surface area contributed by atoms with Gasteiger partial charge in [-0.15, -0.1) is 0 Å². The highest BCUT2D eigenvalue weighted by Gasteiger charge is 2.45. The van der Waals surface area contributed by atoms with Gasteiger partial charge in [0.25, 0.3) is 0 Å². The first-order valence-electron chi connectivity index (χ1n) is 5.80. The van der Waals surface area contributed by atoms with Gasteiger partial charge in [-0.25, -0.2) is 0 Å². The lowest BCUT2D eigenvalue weighted by Crippen LogP contribution is -2.55. The fraction of sp³-hybridized carbons (Fsp3) is 0.833. The van der Waals surface area contributed by atoms with Crippen LogP contribution in [0.3, 0.4) is 0 Å². The molecule has 4 heteroatoms. The van der Waals surface area contributed by atoms with E-state index in [9.17, 15) is 0 Å². The van der Waals surface area contributed by atoms with E-state index in [1.807, 2.05) is 19.9 Å². The van der Waals surface area contributed by atoms with E-state index < -0.39 is 0 Å². The minimum absolute atomic E-state index is 0.116. The number of rotatable bonds is 2. The molecule has 2 saturated heterocycles. The molecule has 0 bridgehead atoms. The second-order valence-corrected chi connectivity index (χ2v) is 4.48. The van der Waals surface area contributed by atoms with E-state index in [4.69, 9.17) is 18.9 Å². The van der Waals surface area contributed by atoms with E-state index in [-0.39, 0.29) is 17.8 Å². The Hall–Kier alpha value is -0.420. The van der Waals surface area contributed by atoms with Gasteiger partial charge in [0.05, 0.1) is 31.3 Å². The van der Waals surface area contributed by atoms with Crippen molar-refractivity contribution in [3.05, 3.63) is 12.2 Å². The summed E-state index contributed by atoms with van der Waals surface area (Å²) in [5.41, 5.74) is -0.135. The maximum atomic E-state index is 5.68. The molecule has 0 N–H and O–H groups in total. The van der Waals surface area contributed by atoms with Crippen molar-refractivity contribution in [2.75, 3.05) is 26.6 Å². The molecule has 2 aliphatic heterocycles. The minimum atomic E-state index is -0.135. The van der Waals surface area contributed by atoms with Crippen molar-refractivity contribution in [3.8, 4) is 0 Å². The molecular formula is C12H20O4. The molecule has 0 radical (unpaired) electrons. The quantitative estimate of drug-likeness (QED) is 0.674. The summed E-state index contributed by atoms with van der Waals surface area (Å²) >= 11 is 0. The van der Waals surface area contributed by atoms with Crippen molar-refractivity contribution in [2.45, 2.75) is 32.7 Å². The topological polar surface area (TPSA) is 36.9 Å². The van der Waals surface area contributed by atoms with Crippen LogP contribution in [0.2, 0.25) is 0 Å². The van der Waals surface area contributed by atoms with Crippen LogP contribution in [0.15, 0.2) is 12.2 Å². The maximum absolute atomic E-state index is 5.68. The number of ether oxygens (including phenoxy) is 4. The van der Waals surface area contributed by atoms with E-state index in [0.29, 0.717) is 26.6 Å². The molecule has 16 heavy (non-hydrogen) atoms. The summed E-state index contributed by atoms with van der Waals surface area (Å²) in [5, 5.41) is 0. The molecule has 1 spiro atoms. The van der Waals surface area contributed by atoms with Crippen LogP contribution >= 0.6 is 0 Å². The summed E-state index contributed by atoms with van der Waals surface area (Å²) < 4.78 is 22.2. The van der Waals surface area contributed by atoms with Crippen molar-refractivity contribution < 1.29 is 18.9 Å². The lowest BCUT2D eigenvalue weighted by atomic mass is 9.81. The molecular weight excluding hydrogens is 208 g/mol. The first-order chi connectivity index (χ1) is 7.77. The molecule has 2 aliphatic rings. The molecule has 0 amide bonds. The van der Waals surface area contributed by atoms with Crippen molar-refractivity contribution in [1.82, 2.24) is 0 Å². The van der Waals surface area contributed by atoms with Crippen molar-refractivity contribution in [3.63, 3.8) is 0 Å². The van der Waals surface area contributed by atoms with Gasteiger partial charge in [-0.3, -0.25) is 0 Å². The largest absolute Gasteiger partial charge is 0.355 e. The molecule has 0 aromatic rings. The molecule has 2 rings (SSSR count). The predicted octanol–water partition coefficient (Wildman–Crippen LogP) is 1.70. The smallest absolute Gasteiger partial charge is 0.154 e. The van der Waals surface area contributed by atoms with Gasteiger partial charge in [-0.05, 0) is 20.3 Å². The lowest BCUT2D eigenvalue weighted by molar-refractivity contribution is -0.297. The molecule has 0 aromatic heterocycles. The van der Waals surface area contributed by atoms with Crippen LogP contribution in [-0.2, 0) is 18.9 Å². The van der Waals surface area contributed by atoms with Gasteiger partial charge >= 0.3 is 0 Å². The third kappa shape index (κ3) is 2.46. The Kier molecular flexibility index (Phi) is 3.97. The fourth-order valence-electron chi connectivity index (χ4n) is 2.15. The molecule has 2 fully saturated rings. The van der Waals surface area contributed by atoms with Gasteiger partial charge < -0.3 is 18.9 Å². The summed E-state index contributed by atoms with van der Waals surface area (Å²) in [5.74, 6) is 0. The highest BCUT2D eigenvalue weighted by molar-refractivity contribution is 4.95. The number of hydrogen-bond acceptors (Lipinski definition) is 4. The summed E-state index contributed by atoms with van der Waals surface area (Å²) in [6.07, 6.45) is 5.07. The highest BCUT2D eigenvalue weighted by Crippen LogP contribution is 2.35. The Balaban J connectivity index is 2.02. The van der Waals surface area contributed by atoms with E-state index in [0.717, 1.165) is 6.42 Å². The van der Waals surface area contributed by atoms with Crippen LogP contribution in [-0.4, -0.2) is 39.0 Å². The Labute approximate surface area is 96.5 Å². The van der Waals surface area contributed by atoms with E-state index >= 15 is 0 Å². The first kappa shape index (κ1) is 12.0. The lowest BCUT2D eigenvalue weighted by Gasteiger charge is -2.46. The minimum Gasteiger partial charge on any atom is -0.355 e. The van der Waals surface area contributed by atoms with Gasteiger partial charge in [-0.2, -0.15) is 0 Å². The normalized spacial score (nSPS) is 40.6. The summed E-state index contributed by atoms with van der Waals surface area (Å²) in [4.78, 5) is 0. The van der Waals surface area contributed by atoms with Crippen molar-refractivity contribution in [2.24, 2.45) is 5.41 Å². The Morgan fingerprint density at radius 1 is 1.19 bits per heavy atom. The Morgan fingerprint density at radius 3 is 2.62 bits per heavy atom. The van der Waals surface area contributed by atoms with Gasteiger partial charge in [0, 0.05) is 0 Å². The zero-order chi connectivity index (χ0) is 11.4. The van der Waals surface area contributed by atoms with Crippen LogP contribution in [0, 0.1) is 5.41 Å². The molecule has 92 valence electrons. The van der Waals surface area contributed by atoms with Gasteiger partial charge in [0.1, 0.15) is 6.79 Å². The van der Waals surface area contributed by atoms with Gasteiger partial charge in [0.15, 0.2) is 6.29 Å². The monoisotopic (exact) mass is 228 g/mol. The van der Waals surface area contributed by atoms with Crippen LogP contribution in [0.4, 0.5) is 0 Å². The molecule has 4 nitrogen and oxygen atoms in total. The zero-order valence-corrected chi connectivity index (χ0v) is 9.98. The average molecular weight is 228 g/mol. The molecule has 1 atom stereocenters. The molecule has 1 unspecified atom stereocenters. The fourth-order valence-corrected chi connectivity index (χ4v) is 2.15. The molecule has 0 saturated carbocycles. The van der Waals surface area contributed by atoms with Crippen LogP contribution < -0.4 is 0 Å². The number of allylic oxidation sites excluding steroid dienone is 1. The van der Waals surface area contributed by atoms with E-state index in [1.54, 1.807) is 0 Å². The Bertz CT molecular complexity index is 243. The third-order valence-electron chi connectivity index (χ3n) is 3.22. The summed E-state index contributed by atoms with van der Waals surface area (Å²) in [6.45, 7) is 6.26. The standard InChI is InChI=1S/C12H20O4/c1-3-4-5-11-12(6-13-9-16-11)7-14-10(2)15-8-12/h3-4,10-11H,5-9H2,1-2H3. The van der Waals surface area contributed by atoms with E-state index in [1.165, 1.54) is 0 Å². The van der Waals surface area contributed by atoms with Crippen LogP contribution in [0.25, 0.3) is 0 Å². The van der Waals surface area contributed by atoms with Crippen molar-refractivity contribution in [1.29, 1.82) is 0 Å². The molecule has 0 aliphatic carbocycles.